The first-order chi connectivity index (χ1) is 10.6. The maximum Gasteiger partial charge on any atom is 0.265 e. The summed E-state index contributed by atoms with van der Waals surface area (Å²) in [5.74, 6) is 0.540. The van der Waals surface area contributed by atoms with E-state index in [1.165, 1.54) is 10.4 Å². The van der Waals surface area contributed by atoms with E-state index < -0.39 is 0 Å². The van der Waals surface area contributed by atoms with Crippen molar-refractivity contribution >= 4 is 41.0 Å². The lowest BCUT2D eigenvalue weighted by Crippen LogP contribution is -2.11. The molecule has 4 nitrogen and oxygen atoms in total. The van der Waals surface area contributed by atoms with Crippen molar-refractivity contribution in [2.24, 2.45) is 0 Å². The molecule has 0 atom stereocenters. The van der Waals surface area contributed by atoms with Crippen LogP contribution in [0.3, 0.4) is 0 Å². The summed E-state index contributed by atoms with van der Waals surface area (Å²) in [4.78, 5) is 14.5. The van der Waals surface area contributed by atoms with Crippen molar-refractivity contribution in [3.8, 4) is 5.75 Å². The second-order valence-corrected chi connectivity index (χ2v) is 6.21. The number of amides is 1. The fourth-order valence-electron chi connectivity index (χ4n) is 2.27. The van der Waals surface area contributed by atoms with Crippen molar-refractivity contribution in [2.75, 3.05) is 18.2 Å². The van der Waals surface area contributed by atoms with Crippen LogP contribution in [-0.2, 0) is 12.8 Å². The quantitative estimate of drug-likeness (QED) is 0.749. The number of ether oxygens (including phenoxy) is 1. The fraction of sp³-hybridized carbons (Fsp3) is 0.353. The SMILES string of the molecule is CCCc1sc(C(=O)Nc2cc(OC)ccc2N)cc1CC.Cl. The van der Waals surface area contributed by atoms with Gasteiger partial charge in [0.05, 0.1) is 23.4 Å². The van der Waals surface area contributed by atoms with Gasteiger partial charge in [-0.15, -0.1) is 23.7 Å². The van der Waals surface area contributed by atoms with E-state index in [2.05, 4.69) is 19.2 Å². The number of rotatable bonds is 6. The minimum absolute atomic E-state index is 0. The molecule has 0 aliphatic rings. The summed E-state index contributed by atoms with van der Waals surface area (Å²) in [7, 11) is 1.58. The molecule has 0 saturated carbocycles. The van der Waals surface area contributed by atoms with Crippen LogP contribution in [0.15, 0.2) is 24.3 Å². The average Bonchev–Trinajstić information content (AvgIpc) is 2.93. The second-order valence-electron chi connectivity index (χ2n) is 5.07. The lowest BCUT2D eigenvalue weighted by atomic mass is 10.1. The summed E-state index contributed by atoms with van der Waals surface area (Å²) in [5, 5.41) is 2.87. The minimum Gasteiger partial charge on any atom is -0.497 e. The Morgan fingerprint density at radius 3 is 2.65 bits per heavy atom. The summed E-state index contributed by atoms with van der Waals surface area (Å²) in [6.07, 6.45) is 3.04. The standard InChI is InChI=1S/C17H22N2O2S.ClH/c1-4-6-15-11(5-2)9-16(22-15)17(20)19-14-10-12(21-3)7-8-13(14)18;/h7-10H,4-6,18H2,1-3H3,(H,19,20);1H. The van der Waals surface area contributed by atoms with E-state index in [1.54, 1.807) is 36.6 Å². The summed E-state index contributed by atoms with van der Waals surface area (Å²) < 4.78 is 5.17. The van der Waals surface area contributed by atoms with Crippen molar-refractivity contribution in [3.63, 3.8) is 0 Å². The molecule has 0 aliphatic heterocycles. The number of methoxy groups -OCH3 is 1. The van der Waals surface area contributed by atoms with Gasteiger partial charge in [-0.25, -0.2) is 0 Å². The minimum atomic E-state index is -0.123. The lowest BCUT2D eigenvalue weighted by Gasteiger charge is -2.09. The summed E-state index contributed by atoms with van der Waals surface area (Å²) in [6.45, 7) is 4.26. The Bertz CT molecular complexity index is 671. The molecule has 0 aliphatic carbocycles. The van der Waals surface area contributed by atoms with E-state index in [-0.39, 0.29) is 18.3 Å². The molecule has 126 valence electrons. The Kier molecular flexibility index (Phi) is 7.39. The molecule has 1 aromatic carbocycles. The second kappa shape index (κ2) is 8.79. The monoisotopic (exact) mass is 354 g/mol. The van der Waals surface area contributed by atoms with Crippen molar-refractivity contribution in [3.05, 3.63) is 39.6 Å². The van der Waals surface area contributed by atoms with Gasteiger partial charge in [-0.3, -0.25) is 4.79 Å². The van der Waals surface area contributed by atoms with E-state index in [1.807, 2.05) is 6.07 Å². The number of aryl methyl sites for hydroxylation is 2. The number of benzene rings is 1. The highest BCUT2D eigenvalue weighted by atomic mass is 35.5. The number of halogens is 1. The van der Waals surface area contributed by atoms with E-state index in [9.17, 15) is 4.79 Å². The third-order valence-corrected chi connectivity index (χ3v) is 4.72. The summed E-state index contributed by atoms with van der Waals surface area (Å²) in [5.41, 5.74) is 8.27. The maximum absolute atomic E-state index is 12.5. The first-order valence-corrected chi connectivity index (χ1v) is 8.27. The molecule has 23 heavy (non-hydrogen) atoms. The highest BCUT2D eigenvalue weighted by Crippen LogP contribution is 2.28. The van der Waals surface area contributed by atoms with Gasteiger partial charge in [0.15, 0.2) is 0 Å². The smallest absolute Gasteiger partial charge is 0.265 e. The third kappa shape index (κ3) is 4.62. The molecular weight excluding hydrogens is 332 g/mol. The van der Waals surface area contributed by atoms with Crippen LogP contribution in [0.4, 0.5) is 11.4 Å². The van der Waals surface area contributed by atoms with Crippen LogP contribution in [0, 0.1) is 0 Å². The zero-order valence-corrected chi connectivity index (χ0v) is 15.3. The topological polar surface area (TPSA) is 64.3 Å². The normalized spacial score (nSPS) is 10.0. The molecular formula is C17H23ClN2O2S. The Morgan fingerprint density at radius 1 is 1.30 bits per heavy atom. The van der Waals surface area contributed by atoms with E-state index >= 15 is 0 Å². The maximum atomic E-state index is 12.5. The summed E-state index contributed by atoms with van der Waals surface area (Å²) >= 11 is 1.57. The molecule has 0 spiro atoms. The third-order valence-electron chi connectivity index (χ3n) is 3.49. The van der Waals surface area contributed by atoms with Crippen molar-refractivity contribution in [1.29, 1.82) is 0 Å². The number of nitrogens with two attached hydrogens (primary N) is 1. The Labute approximate surface area is 147 Å². The number of carbonyl (C=O) groups is 1. The number of nitrogens with one attached hydrogen (secondary N) is 1. The van der Waals surface area contributed by atoms with Crippen molar-refractivity contribution in [2.45, 2.75) is 33.1 Å². The van der Waals surface area contributed by atoms with E-state index in [4.69, 9.17) is 10.5 Å². The van der Waals surface area contributed by atoms with Crippen LogP contribution in [0.2, 0.25) is 0 Å². The molecule has 2 aromatic rings. The number of hydrogen-bond acceptors (Lipinski definition) is 4. The van der Waals surface area contributed by atoms with Crippen LogP contribution in [0.5, 0.6) is 5.75 Å². The first kappa shape index (κ1) is 19.3. The predicted octanol–water partition coefficient (Wildman–Crippen LogP) is 4.53. The molecule has 1 heterocycles. The van der Waals surface area contributed by atoms with Crippen LogP contribution >= 0.6 is 23.7 Å². The van der Waals surface area contributed by atoms with Gasteiger partial charge >= 0.3 is 0 Å². The van der Waals surface area contributed by atoms with Gasteiger partial charge in [0, 0.05) is 10.9 Å². The molecule has 0 bridgehead atoms. The van der Waals surface area contributed by atoms with Crippen molar-refractivity contribution < 1.29 is 9.53 Å². The van der Waals surface area contributed by atoms with Crippen LogP contribution < -0.4 is 15.8 Å². The van der Waals surface area contributed by atoms with Gasteiger partial charge in [-0.05, 0) is 36.6 Å². The number of anilines is 2. The van der Waals surface area contributed by atoms with E-state index in [0.717, 1.165) is 24.1 Å². The number of hydrogen-bond donors (Lipinski definition) is 2. The Hall–Kier alpha value is -1.72. The van der Waals surface area contributed by atoms with Gasteiger partial charge in [0.2, 0.25) is 0 Å². The fourth-order valence-corrected chi connectivity index (χ4v) is 3.52. The lowest BCUT2D eigenvalue weighted by molar-refractivity contribution is 0.103. The Morgan fingerprint density at radius 2 is 2.04 bits per heavy atom. The van der Waals surface area contributed by atoms with Gasteiger partial charge in [-0.1, -0.05) is 20.3 Å². The molecule has 3 N–H and O–H groups in total. The van der Waals surface area contributed by atoms with Gasteiger partial charge in [-0.2, -0.15) is 0 Å². The van der Waals surface area contributed by atoms with Crippen LogP contribution in [-0.4, -0.2) is 13.0 Å². The van der Waals surface area contributed by atoms with E-state index in [0.29, 0.717) is 17.1 Å². The summed E-state index contributed by atoms with van der Waals surface area (Å²) in [6, 6.07) is 7.21. The molecule has 1 amide bonds. The zero-order valence-electron chi connectivity index (χ0n) is 13.6. The largest absolute Gasteiger partial charge is 0.497 e. The number of nitrogen functional groups attached to an aromatic ring is 1. The Balaban J connectivity index is 0.00000264. The molecule has 1 aromatic heterocycles. The molecule has 0 saturated heterocycles. The number of carbonyl (C=O) groups excluding carboxylic acids is 1. The van der Waals surface area contributed by atoms with Gasteiger partial charge in [0.25, 0.3) is 5.91 Å². The highest BCUT2D eigenvalue weighted by Gasteiger charge is 2.15. The van der Waals surface area contributed by atoms with Crippen molar-refractivity contribution in [1.82, 2.24) is 0 Å². The van der Waals surface area contributed by atoms with Crippen LogP contribution in [0.1, 0.15) is 40.4 Å². The van der Waals surface area contributed by atoms with Gasteiger partial charge < -0.3 is 15.8 Å². The molecule has 2 rings (SSSR count). The molecule has 0 unspecified atom stereocenters. The molecule has 0 fully saturated rings. The average molecular weight is 355 g/mol. The number of thiophene rings is 1. The van der Waals surface area contributed by atoms with Gasteiger partial charge in [0.1, 0.15) is 5.75 Å². The van der Waals surface area contributed by atoms with Crippen LogP contribution in [0.25, 0.3) is 0 Å². The molecule has 6 heteroatoms. The zero-order chi connectivity index (χ0) is 16.1. The highest BCUT2D eigenvalue weighted by molar-refractivity contribution is 7.14. The first-order valence-electron chi connectivity index (χ1n) is 7.45. The predicted molar refractivity (Wildman–Crippen MR) is 100 cm³/mol. The molecule has 0 radical (unpaired) electrons.